The van der Waals surface area contributed by atoms with E-state index in [0.717, 1.165) is 25.9 Å². The lowest BCUT2D eigenvalue weighted by atomic mass is 9.90. The van der Waals surface area contributed by atoms with Crippen LogP contribution in [0.3, 0.4) is 0 Å². The third-order valence-corrected chi connectivity index (χ3v) is 2.13. The van der Waals surface area contributed by atoms with Gasteiger partial charge in [0.15, 0.2) is 7.98 Å². The molecule has 1 aliphatic heterocycles. The van der Waals surface area contributed by atoms with Crippen molar-refractivity contribution >= 4 is 7.98 Å². The molecule has 0 bridgehead atoms. The van der Waals surface area contributed by atoms with Gasteiger partial charge in [-0.15, -0.1) is 0 Å². The Balaban J connectivity index is 2.35. The number of nitrogens with zero attached hydrogens (tertiary/aromatic N) is 1. The molecule has 52 valence electrons. The van der Waals surface area contributed by atoms with Gasteiger partial charge in [0.2, 0.25) is 0 Å². The summed E-state index contributed by atoms with van der Waals surface area (Å²) in [6.07, 6.45) is 2.28. The summed E-state index contributed by atoms with van der Waals surface area (Å²) < 4.78 is 0. The summed E-state index contributed by atoms with van der Waals surface area (Å²) in [5.41, 5.74) is 6.03. The number of nitrogens with two attached hydrogens (primary N) is 1. The Bertz CT molecular complexity index is 93.2. The zero-order valence-corrected chi connectivity index (χ0v) is 6.35. The van der Waals surface area contributed by atoms with E-state index in [2.05, 4.69) is 19.7 Å². The maximum absolute atomic E-state index is 5.91. The molecule has 0 aliphatic carbocycles. The Morgan fingerprint density at radius 1 is 1.44 bits per heavy atom. The minimum Gasteiger partial charge on any atom is -0.349 e. The van der Waals surface area contributed by atoms with Crippen molar-refractivity contribution in [3.63, 3.8) is 0 Å². The third-order valence-electron chi connectivity index (χ3n) is 2.13. The van der Waals surface area contributed by atoms with Gasteiger partial charge in [-0.05, 0) is 32.9 Å². The first kappa shape index (κ1) is 7.10. The molecule has 1 fully saturated rings. The molecule has 9 heavy (non-hydrogen) atoms. The Kier molecular flexibility index (Phi) is 1.82. The predicted molar refractivity (Wildman–Crippen MR) is 41.9 cm³/mol. The molecule has 1 saturated heterocycles. The van der Waals surface area contributed by atoms with Gasteiger partial charge in [-0.3, -0.25) is 0 Å². The van der Waals surface area contributed by atoms with Crippen LogP contribution in [-0.2, 0) is 0 Å². The van der Waals surface area contributed by atoms with Gasteiger partial charge in [-0.1, -0.05) is 0 Å². The summed E-state index contributed by atoms with van der Waals surface area (Å²) in [6, 6.07) is 0. The molecule has 1 heterocycles. The van der Waals surface area contributed by atoms with Gasteiger partial charge < -0.3 is 10.5 Å². The quantitative estimate of drug-likeness (QED) is 0.437. The normalized spacial score (nSPS) is 28.2. The highest BCUT2D eigenvalue weighted by atomic mass is 15.0. The van der Waals surface area contributed by atoms with Crippen LogP contribution in [-0.4, -0.2) is 31.4 Å². The van der Waals surface area contributed by atoms with Gasteiger partial charge >= 0.3 is 0 Å². The fourth-order valence-corrected chi connectivity index (χ4v) is 1.13. The van der Waals surface area contributed by atoms with Crippen molar-refractivity contribution in [2.24, 2.45) is 5.73 Å². The second kappa shape index (κ2) is 2.31. The van der Waals surface area contributed by atoms with Gasteiger partial charge in [0.05, 0.1) is 0 Å². The van der Waals surface area contributed by atoms with E-state index in [1.807, 2.05) is 0 Å². The topological polar surface area (TPSA) is 29.3 Å². The van der Waals surface area contributed by atoms with E-state index < -0.39 is 0 Å². The van der Waals surface area contributed by atoms with Gasteiger partial charge in [-0.25, -0.2) is 0 Å². The lowest BCUT2D eigenvalue weighted by molar-refractivity contribution is 0.259. The van der Waals surface area contributed by atoms with Crippen molar-refractivity contribution in [2.75, 3.05) is 13.1 Å². The lowest BCUT2D eigenvalue weighted by Crippen LogP contribution is -2.47. The fraction of sp³-hybridized carbons (Fsp3) is 1.00. The molecule has 0 spiro atoms. The van der Waals surface area contributed by atoms with Gasteiger partial charge in [-0.2, -0.15) is 0 Å². The highest BCUT2D eigenvalue weighted by Crippen LogP contribution is 2.16. The van der Waals surface area contributed by atoms with Crippen LogP contribution in [0.1, 0.15) is 19.8 Å². The zero-order valence-electron chi connectivity index (χ0n) is 6.35. The van der Waals surface area contributed by atoms with E-state index in [1.54, 1.807) is 0 Å². The summed E-state index contributed by atoms with van der Waals surface area (Å²) in [5.74, 6) is 0. The smallest absolute Gasteiger partial charge is 0.185 e. The van der Waals surface area contributed by atoms with Crippen molar-refractivity contribution in [3.05, 3.63) is 0 Å². The Morgan fingerprint density at radius 2 is 1.89 bits per heavy atom. The number of hydrogen-bond donors (Lipinski definition) is 1. The van der Waals surface area contributed by atoms with E-state index in [1.165, 1.54) is 0 Å². The van der Waals surface area contributed by atoms with Crippen LogP contribution in [0.2, 0.25) is 0 Å². The molecule has 0 atom stereocenters. The Morgan fingerprint density at radius 3 is 2.22 bits per heavy atom. The van der Waals surface area contributed by atoms with Crippen LogP contribution < -0.4 is 5.73 Å². The third kappa shape index (κ3) is 1.99. The Labute approximate surface area is 57.8 Å². The summed E-state index contributed by atoms with van der Waals surface area (Å²) in [4.78, 5) is 2.33. The van der Waals surface area contributed by atoms with Crippen LogP contribution in [0, 0.1) is 0 Å². The van der Waals surface area contributed by atoms with Crippen molar-refractivity contribution < 1.29 is 0 Å². The average molecular weight is 126 g/mol. The molecule has 0 saturated carbocycles. The monoisotopic (exact) mass is 126 g/mol. The van der Waals surface area contributed by atoms with E-state index >= 15 is 0 Å². The molecule has 0 aromatic rings. The SMILES string of the molecule is BN1CCC(C)(N)CC1. The summed E-state index contributed by atoms with van der Waals surface area (Å²) in [5, 5.41) is 0. The number of rotatable bonds is 0. The minimum atomic E-state index is 0.118. The maximum Gasteiger partial charge on any atom is 0.185 e. The van der Waals surface area contributed by atoms with Crippen LogP contribution in [0.5, 0.6) is 0 Å². The van der Waals surface area contributed by atoms with Crippen molar-refractivity contribution in [2.45, 2.75) is 25.3 Å². The van der Waals surface area contributed by atoms with Gasteiger partial charge in [0, 0.05) is 5.54 Å². The molecule has 3 heteroatoms. The molecule has 1 rings (SSSR count). The first-order chi connectivity index (χ1) is 4.10. The first-order valence-electron chi connectivity index (χ1n) is 3.58. The Hall–Kier alpha value is -0.0151. The molecule has 2 N–H and O–H groups in total. The van der Waals surface area contributed by atoms with Crippen LogP contribution in [0.4, 0.5) is 0 Å². The first-order valence-corrected chi connectivity index (χ1v) is 3.58. The molecular formula is C6H15BN2. The van der Waals surface area contributed by atoms with E-state index in [9.17, 15) is 0 Å². The summed E-state index contributed by atoms with van der Waals surface area (Å²) in [6.45, 7) is 4.46. The predicted octanol–water partition coefficient (Wildman–Crippen LogP) is -0.652. The summed E-state index contributed by atoms with van der Waals surface area (Å²) >= 11 is 0. The maximum atomic E-state index is 5.91. The van der Waals surface area contributed by atoms with Crippen LogP contribution >= 0.6 is 0 Å². The summed E-state index contributed by atoms with van der Waals surface area (Å²) in [7, 11) is 2.15. The van der Waals surface area contributed by atoms with E-state index in [-0.39, 0.29) is 5.54 Å². The van der Waals surface area contributed by atoms with Crippen LogP contribution in [0.15, 0.2) is 0 Å². The van der Waals surface area contributed by atoms with Gasteiger partial charge in [0.25, 0.3) is 0 Å². The van der Waals surface area contributed by atoms with Crippen molar-refractivity contribution in [3.8, 4) is 0 Å². The molecule has 0 radical (unpaired) electrons. The highest BCUT2D eigenvalue weighted by Gasteiger charge is 2.23. The number of piperidine rings is 1. The number of hydrogen-bond acceptors (Lipinski definition) is 2. The minimum absolute atomic E-state index is 0.118. The molecule has 0 aromatic heterocycles. The lowest BCUT2D eigenvalue weighted by Gasteiger charge is -2.34. The second-order valence-corrected chi connectivity index (χ2v) is 3.46. The second-order valence-electron chi connectivity index (χ2n) is 3.46. The molecule has 0 amide bonds. The van der Waals surface area contributed by atoms with Crippen LogP contribution in [0.25, 0.3) is 0 Å². The average Bonchev–Trinajstić information content (AvgIpc) is 1.78. The van der Waals surface area contributed by atoms with Crippen molar-refractivity contribution in [1.82, 2.24) is 4.81 Å². The molecule has 0 unspecified atom stereocenters. The molecule has 2 nitrogen and oxygen atoms in total. The van der Waals surface area contributed by atoms with E-state index in [0.29, 0.717) is 0 Å². The molecular weight excluding hydrogens is 111 g/mol. The van der Waals surface area contributed by atoms with E-state index in [4.69, 9.17) is 5.73 Å². The standard InChI is InChI=1S/C6H15BN2/c1-6(8)2-4-9(7)5-3-6/h2-5,7-8H2,1H3. The van der Waals surface area contributed by atoms with Crippen molar-refractivity contribution in [1.29, 1.82) is 0 Å². The largest absolute Gasteiger partial charge is 0.349 e. The fourth-order valence-electron chi connectivity index (χ4n) is 1.13. The molecule has 0 aromatic carbocycles. The zero-order chi connectivity index (χ0) is 6.91. The molecule has 1 aliphatic rings. The highest BCUT2D eigenvalue weighted by molar-refractivity contribution is 6.04. The van der Waals surface area contributed by atoms with Gasteiger partial charge in [0.1, 0.15) is 0 Å².